The van der Waals surface area contributed by atoms with Crippen molar-refractivity contribution in [2.45, 2.75) is 18.9 Å². The van der Waals surface area contributed by atoms with Gasteiger partial charge in [-0.3, -0.25) is 0 Å². The maximum atomic E-state index is 5.78. The first-order chi connectivity index (χ1) is 9.42. The minimum Gasteiger partial charge on any atom is -0.460 e. The van der Waals surface area contributed by atoms with Crippen molar-refractivity contribution in [3.05, 3.63) is 42.7 Å². The zero-order valence-corrected chi connectivity index (χ0v) is 12.0. The van der Waals surface area contributed by atoms with Crippen LogP contribution in [0.3, 0.4) is 0 Å². The van der Waals surface area contributed by atoms with E-state index in [-0.39, 0.29) is 18.5 Å². The summed E-state index contributed by atoms with van der Waals surface area (Å²) in [5.41, 5.74) is 2.13. The third-order valence-electron chi connectivity index (χ3n) is 3.29. The van der Waals surface area contributed by atoms with E-state index >= 15 is 0 Å². The summed E-state index contributed by atoms with van der Waals surface area (Å²) in [5, 5.41) is 3.31. The maximum absolute atomic E-state index is 5.78. The highest BCUT2D eigenvalue weighted by Crippen LogP contribution is 2.18. The van der Waals surface area contributed by atoms with Crippen LogP contribution >= 0.6 is 12.4 Å². The lowest BCUT2D eigenvalue weighted by Crippen LogP contribution is -2.34. The summed E-state index contributed by atoms with van der Waals surface area (Å²) in [6.07, 6.45) is 5.91. The van der Waals surface area contributed by atoms with Crippen molar-refractivity contribution < 1.29 is 4.74 Å². The highest BCUT2D eigenvalue weighted by molar-refractivity contribution is 5.85. The summed E-state index contributed by atoms with van der Waals surface area (Å²) in [7, 11) is 0. The van der Waals surface area contributed by atoms with Crippen LogP contribution in [0.4, 0.5) is 0 Å². The van der Waals surface area contributed by atoms with Gasteiger partial charge in [-0.1, -0.05) is 30.3 Å². The standard InChI is InChI=1S/C15H17N3O.ClH/c1-2-4-12(5-3-1)13-10-17-15(18-11-13)19-14-6-8-16-9-7-14;/h1-5,10-11,14,16H,6-9H2;1H. The van der Waals surface area contributed by atoms with Crippen molar-refractivity contribution in [1.29, 1.82) is 0 Å². The molecule has 0 unspecified atom stereocenters. The molecule has 1 N–H and O–H groups in total. The molecule has 2 aromatic rings. The van der Waals surface area contributed by atoms with E-state index < -0.39 is 0 Å². The fourth-order valence-corrected chi connectivity index (χ4v) is 2.22. The number of piperidine rings is 1. The fraction of sp³-hybridized carbons (Fsp3) is 0.333. The van der Waals surface area contributed by atoms with Gasteiger partial charge in [-0.15, -0.1) is 12.4 Å². The molecule has 0 bridgehead atoms. The van der Waals surface area contributed by atoms with Gasteiger partial charge < -0.3 is 10.1 Å². The Labute approximate surface area is 125 Å². The van der Waals surface area contributed by atoms with E-state index in [1.54, 1.807) is 0 Å². The number of nitrogens with zero attached hydrogens (tertiary/aromatic N) is 2. The van der Waals surface area contributed by atoms with Crippen LogP contribution in [-0.2, 0) is 0 Å². The van der Waals surface area contributed by atoms with Gasteiger partial charge in [-0.2, -0.15) is 0 Å². The van der Waals surface area contributed by atoms with Gasteiger partial charge in [-0.25, -0.2) is 9.97 Å². The summed E-state index contributed by atoms with van der Waals surface area (Å²) in [6.45, 7) is 2.01. The summed E-state index contributed by atoms with van der Waals surface area (Å²) in [5.74, 6) is 0. The van der Waals surface area contributed by atoms with Gasteiger partial charge in [0, 0.05) is 18.0 Å². The van der Waals surface area contributed by atoms with Gasteiger partial charge in [0.25, 0.3) is 0 Å². The van der Waals surface area contributed by atoms with Crippen LogP contribution in [0, 0.1) is 0 Å². The zero-order chi connectivity index (χ0) is 12.9. The summed E-state index contributed by atoms with van der Waals surface area (Å²) >= 11 is 0. The van der Waals surface area contributed by atoms with Gasteiger partial charge in [0.2, 0.25) is 0 Å². The van der Waals surface area contributed by atoms with Crippen molar-refractivity contribution in [2.24, 2.45) is 0 Å². The first-order valence-corrected chi connectivity index (χ1v) is 6.67. The second-order valence-electron chi connectivity index (χ2n) is 4.69. The molecule has 1 aliphatic heterocycles. The lowest BCUT2D eigenvalue weighted by Gasteiger charge is -2.22. The van der Waals surface area contributed by atoms with Crippen LogP contribution in [0.2, 0.25) is 0 Å². The third kappa shape index (κ3) is 3.68. The SMILES string of the molecule is Cl.c1ccc(-c2cnc(OC3CCNCC3)nc2)cc1. The topological polar surface area (TPSA) is 47.0 Å². The fourth-order valence-electron chi connectivity index (χ4n) is 2.22. The highest BCUT2D eigenvalue weighted by atomic mass is 35.5. The van der Waals surface area contributed by atoms with Crippen LogP contribution in [0.25, 0.3) is 11.1 Å². The monoisotopic (exact) mass is 291 g/mol. The maximum Gasteiger partial charge on any atom is 0.316 e. The highest BCUT2D eigenvalue weighted by Gasteiger charge is 2.15. The summed E-state index contributed by atoms with van der Waals surface area (Å²) in [4.78, 5) is 8.59. The molecule has 3 rings (SSSR count). The van der Waals surface area contributed by atoms with Crippen molar-refractivity contribution in [3.63, 3.8) is 0 Å². The number of benzene rings is 1. The molecule has 20 heavy (non-hydrogen) atoms. The van der Waals surface area contributed by atoms with Crippen molar-refractivity contribution in [1.82, 2.24) is 15.3 Å². The zero-order valence-electron chi connectivity index (χ0n) is 11.2. The van der Waals surface area contributed by atoms with Gasteiger partial charge in [0.1, 0.15) is 6.10 Å². The lowest BCUT2D eigenvalue weighted by molar-refractivity contribution is 0.149. The number of rotatable bonds is 3. The molecule has 2 heterocycles. The van der Waals surface area contributed by atoms with Gasteiger partial charge >= 0.3 is 6.01 Å². The number of hydrogen-bond donors (Lipinski definition) is 1. The second kappa shape index (κ2) is 7.22. The Hall–Kier alpha value is -1.65. The molecule has 0 amide bonds. The molecule has 1 aromatic heterocycles. The van der Waals surface area contributed by atoms with Crippen molar-refractivity contribution in [2.75, 3.05) is 13.1 Å². The lowest BCUT2D eigenvalue weighted by atomic mass is 10.1. The average Bonchev–Trinajstić information content (AvgIpc) is 2.50. The molecule has 0 atom stereocenters. The number of halogens is 1. The molecule has 5 heteroatoms. The number of ether oxygens (including phenoxy) is 1. The van der Waals surface area contributed by atoms with Crippen LogP contribution in [0.15, 0.2) is 42.7 Å². The van der Waals surface area contributed by atoms with Gasteiger partial charge in [0.15, 0.2) is 0 Å². The Kier molecular flexibility index (Phi) is 5.32. The minimum absolute atomic E-state index is 0. The Morgan fingerprint density at radius 3 is 2.25 bits per heavy atom. The molecule has 1 fully saturated rings. The van der Waals surface area contributed by atoms with E-state index in [9.17, 15) is 0 Å². The third-order valence-corrected chi connectivity index (χ3v) is 3.29. The molecule has 1 aromatic carbocycles. The van der Waals surface area contributed by atoms with Crippen LogP contribution in [-0.4, -0.2) is 29.2 Å². The molecule has 106 valence electrons. The Balaban J connectivity index is 0.00000147. The summed E-state index contributed by atoms with van der Waals surface area (Å²) < 4.78 is 5.78. The quantitative estimate of drug-likeness (QED) is 0.944. The second-order valence-corrected chi connectivity index (χ2v) is 4.69. The molecule has 1 aliphatic rings. The van der Waals surface area contributed by atoms with Crippen LogP contribution in [0.5, 0.6) is 6.01 Å². The number of nitrogens with one attached hydrogen (secondary N) is 1. The van der Waals surface area contributed by atoms with Crippen molar-refractivity contribution >= 4 is 12.4 Å². The smallest absolute Gasteiger partial charge is 0.316 e. The van der Waals surface area contributed by atoms with E-state index in [4.69, 9.17) is 4.74 Å². The van der Waals surface area contributed by atoms with Crippen LogP contribution < -0.4 is 10.1 Å². The van der Waals surface area contributed by atoms with E-state index in [0.29, 0.717) is 6.01 Å². The van der Waals surface area contributed by atoms with Crippen LogP contribution in [0.1, 0.15) is 12.8 Å². The largest absolute Gasteiger partial charge is 0.460 e. The first kappa shape index (κ1) is 14.8. The Morgan fingerprint density at radius 2 is 1.60 bits per heavy atom. The first-order valence-electron chi connectivity index (χ1n) is 6.67. The number of hydrogen-bond acceptors (Lipinski definition) is 4. The molecule has 0 spiro atoms. The Bertz CT molecular complexity index is 512. The van der Waals surface area contributed by atoms with Crippen molar-refractivity contribution in [3.8, 4) is 17.1 Å². The summed E-state index contributed by atoms with van der Waals surface area (Å²) in [6, 6.07) is 10.6. The predicted octanol–water partition coefficient (Wildman–Crippen LogP) is 2.70. The Morgan fingerprint density at radius 1 is 0.950 bits per heavy atom. The molecule has 1 saturated heterocycles. The van der Waals surface area contributed by atoms with E-state index in [1.807, 2.05) is 42.7 Å². The minimum atomic E-state index is 0. The van der Waals surface area contributed by atoms with E-state index in [1.165, 1.54) is 0 Å². The molecule has 0 aliphatic carbocycles. The van der Waals surface area contributed by atoms with Gasteiger partial charge in [0.05, 0.1) is 0 Å². The normalized spacial score (nSPS) is 15.4. The predicted molar refractivity (Wildman–Crippen MR) is 81.2 cm³/mol. The van der Waals surface area contributed by atoms with Gasteiger partial charge in [-0.05, 0) is 31.5 Å². The van der Waals surface area contributed by atoms with E-state index in [2.05, 4.69) is 15.3 Å². The number of aromatic nitrogens is 2. The molecule has 4 nitrogen and oxygen atoms in total. The molecular formula is C15H18ClN3O. The van der Waals surface area contributed by atoms with E-state index in [0.717, 1.165) is 37.1 Å². The molecule has 0 radical (unpaired) electrons. The average molecular weight is 292 g/mol. The molecule has 0 saturated carbocycles. The molecular weight excluding hydrogens is 274 g/mol.